The number of nitrogens with one attached hydrogen (secondary N) is 1. The van der Waals surface area contributed by atoms with Gasteiger partial charge in [-0.2, -0.15) is 0 Å². The highest BCUT2D eigenvalue weighted by molar-refractivity contribution is 5.91. The van der Waals surface area contributed by atoms with Crippen LogP contribution in [0.4, 0.5) is 0 Å². The first kappa shape index (κ1) is 18.3. The van der Waals surface area contributed by atoms with E-state index in [9.17, 15) is 4.79 Å². The van der Waals surface area contributed by atoms with E-state index in [0.29, 0.717) is 11.5 Å². The molecule has 1 N–H and O–H groups in total. The van der Waals surface area contributed by atoms with Gasteiger partial charge in [0.1, 0.15) is 0 Å². The second kappa shape index (κ2) is 7.83. The lowest BCUT2D eigenvalue weighted by atomic mass is 9.88. The molecule has 0 aliphatic carbocycles. The molecule has 3 rings (SSSR count). The van der Waals surface area contributed by atoms with Crippen LogP contribution in [0.1, 0.15) is 41.6 Å². The molecule has 0 unspecified atom stereocenters. The first-order valence-electron chi connectivity index (χ1n) is 8.92. The molecule has 140 valence electrons. The maximum Gasteiger partial charge on any atom is 0.287 e. The minimum Gasteiger partial charge on any atom is -0.493 e. The van der Waals surface area contributed by atoms with E-state index in [4.69, 9.17) is 13.9 Å². The van der Waals surface area contributed by atoms with Crippen LogP contribution >= 0.6 is 0 Å². The van der Waals surface area contributed by atoms with Crippen LogP contribution in [0.2, 0.25) is 0 Å². The summed E-state index contributed by atoms with van der Waals surface area (Å²) in [5, 5.41) is 3.08. The van der Waals surface area contributed by atoms with Gasteiger partial charge < -0.3 is 19.2 Å². The molecule has 26 heavy (non-hydrogen) atoms. The lowest BCUT2D eigenvalue weighted by Crippen LogP contribution is -2.47. The Balaban J connectivity index is 1.92. The average Bonchev–Trinajstić information content (AvgIpc) is 3.20. The van der Waals surface area contributed by atoms with Gasteiger partial charge >= 0.3 is 0 Å². The summed E-state index contributed by atoms with van der Waals surface area (Å²) in [5.74, 6) is 1.57. The summed E-state index contributed by atoms with van der Waals surface area (Å²) in [7, 11) is 3.29. The van der Waals surface area contributed by atoms with Crippen LogP contribution in [0.25, 0.3) is 0 Å². The third-order valence-electron chi connectivity index (χ3n) is 5.01. The number of amides is 1. The topological polar surface area (TPSA) is 63.9 Å². The van der Waals surface area contributed by atoms with Gasteiger partial charge in [0.05, 0.1) is 26.5 Å². The van der Waals surface area contributed by atoms with Crippen LogP contribution in [-0.4, -0.2) is 44.2 Å². The molecule has 0 spiro atoms. The fraction of sp³-hybridized carbons (Fsp3) is 0.450. The van der Waals surface area contributed by atoms with E-state index >= 15 is 0 Å². The predicted molar refractivity (Wildman–Crippen MR) is 98.9 cm³/mol. The Morgan fingerprint density at radius 3 is 2.69 bits per heavy atom. The van der Waals surface area contributed by atoms with Crippen molar-refractivity contribution < 1.29 is 18.7 Å². The van der Waals surface area contributed by atoms with E-state index in [1.807, 2.05) is 13.0 Å². The van der Waals surface area contributed by atoms with Crippen molar-refractivity contribution in [1.82, 2.24) is 10.2 Å². The Labute approximate surface area is 154 Å². The molecule has 1 aliphatic rings. The van der Waals surface area contributed by atoms with E-state index in [2.05, 4.69) is 23.2 Å². The van der Waals surface area contributed by atoms with E-state index in [1.165, 1.54) is 17.4 Å². The van der Waals surface area contributed by atoms with Crippen molar-refractivity contribution >= 4 is 5.91 Å². The molecule has 0 radical (unpaired) electrons. The quantitative estimate of drug-likeness (QED) is 0.860. The first-order valence-corrected chi connectivity index (χ1v) is 8.92. The number of fused-ring (bicyclic) bond motifs is 1. The molecule has 2 aromatic rings. The van der Waals surface area contributed by atoms with Gasteiger partial charge in [0.25, 0.3) is 5.91 Å². The van der Waals surface area contributed by atoms with E-state index < -0.39 is 0 Å². The van der Waals surface area contributed by atoms with E-state index in [-0.39, 0.29) is 18.0 Å². The number of hydrogen-bond acceptors (Lipinski definition) is 5. The zero-order valence-electron chi connectivity index (χ0n) is 15.7. The number of benzene rings is 1. The molecule has 0 fully saturated rings. The van der Waals surface area contributed by atoms with Crippen LogP contribution in [-0.2, 0) is 6.42 Å². The Morgan fingerprint density at radius 2 is 2.08 bits per heavy atom. The Morgan fingerprint density at radius 1 is 1.35 bits per heavy atom. The van der Waals surface area contributed by atoms with Gasteiger partial charge in [-0.3, -0.25) is 9.69 Å². The van der Waals surface area contributed by atoms with Gasteiger partial charge in [0.15, 0.2) is 17.3 Å². The van der Waals surface area contributed by atoms with Crippen LogP contribution in [0, 0.1) is 0 Å². The largest absolute Gasteiger partial charge is 0.493 e. The Bertz CT molecular complexity index is 757. The summed E-state index contributed by atoms with van der Waals surface area (Å²) in [5.41, 5.74) is 2.40. The number of furan rings is 1. The molecular weight excluding hydrogens is 332 g/mol. The molecule has 0 saturated carbocycles. The minimum atomic E-state index is -0.203. The lowest BCUT2D eigenvalue weighted by molar-refractivity contribution is 0.0862. The third kappa shape index (κ3) is 3.42. The number of carbonyl (C=O) groups is 1. The molecule has 6 heteroatoms. The molecule has 1 aromatic heterocycles. The number of nitrogens with zero attached hydrogens (tertiary/aromatic N) is 1. The number of ether oxygens (including phenoxy) is 2. The molecular formula is C20H26N2O4. The summed E-state index contributed by atoms with van der Waals surface area (Å²) in [6.07, 6.45) is 2.45. The molecule has 0 bridgehead atoms. The smallest absolute Gasteiger partial charge is 0.287 e. The Kier molecular flexibility index (Phi) is 5.52. The predicted octanol–water partition coefficient (Wildman–Crippen LogP) is 3.03. The monoisotopic (exact) mass is 358 g/mol. The van der Waals surface area contributed by atoms with Gasteiger partial charge in [-0.1, -0.05) is 6.92 Å². The summed E-state index contributed by atoms with van der Waals surface area (Å²) in [6.45, 7) is 6.00. The van der Waals surface area contributed by atoms with Crippen molar-refractivity contribution in [2.24, 2.45) is 0 Å². The highest BCUT2D eigenvalue weighted by Gasteiger charge is 2.33. The van der Waals surface area contributed by atoms with Crippen molar-refractivity contribution in [2.45, 2.75) is 32.4 Å². The number of rotatable bonds is 6. The lowest BCUT2D eigenvalue weighted by Gasteiger charge is -2.40. The normalized spacial score (nSPS) is 18.1. The molecule has 2 atom stereocenters. The SMILES string of the molecule is CCN1CCc2cc(OC)c(OC)cc2[C@H]1[C@@H](C)NC(=O)c1ccco1. The van der Waals surface area contributed by atoms with Gasteiger partial charge in [-0.05, 0) is 55.3 Å². The summed E-state index contributed by atoms with van der Waals surface area (Å²) < 4.78 is 16.1. The summed E-state index contributed by atoms with van der Waals surface area (Å²) >= 11 is 0. The van der Waals surface area contributed by atoms with Gasteiger partial charge in [0.2, 0.25) is 0 Å². The molecule has 1 aromatic carbocycles. The maximum absolute atomic E-state index is 12.4. The van der Waals surface area contributed by atoms with Crippen LogP contribution in [0.3, 0.4) is 0 Å². The van der Waals surface area contributed by atoms with Crippen molar-refractivity contribution in [3.05, 3.63) is 47.4 Å². The van der Waals surface area contributed by atoms with Crippen molar-refractivity contribution in [3.63, 3.8) is 0 Å². The first-order chi connectivity index (χ1) is 12.6. The fourth-order valence-electron chi connectivity index (χ4n) is 3.73. The Hall–Kier alpha value is -2.47. The molecule has 2 heterocycles. The highest BCUT2D eigenvalue weighted by Crippen LogP contribution is 2.39. The minimum absolute atomic E-state index is 0.0578. The van der Waals surface area contributed by atoms with Crippen molar-refractivity contribution in [2.75, 3.05) is 27.3 Å². The number of carbonyl (C=O) groups excluding carboxylic acids is 1. The maximum atomic E-state index is 12.4. The molecule has 0 saturated heterocycles. The van der Waals surface area contributed by atoms with Crippen LogP contribution in [0.15, 0.2) is 34.9 Å². The zero-order valence-corrected chi connectivity index (χ0v) is 15.7. The number of hydrogen-bond donors (Lipinski definition) is 1. The summed E-state index contributed by atoms with van der Waals surface area (Å²) in [6, 6.07) is 7.44. The molecule has 1 aliphatic heterocycles. The zero-order chi connectivity index (χ0) is 18.7. The molecule has 1 amide bonds. The van der Waals surface area contributed by atoms with Gasteiger partial charge in [-0.15, -0.1) is 0 Å². The highest BCUT2D eigenvalue weighted by atomic mass is 16.5. The fourth-order valence-corrected chi connectivity index (χ4v) is 3.73. The van der Waals surface area contributed by atoms with Crippen molar-refractivity contribution in [1.29, 1.82) is 0 Å². The van der Waals surface area contributed by atoms with E-state index in [0.717, 1.165) is 25.3 Å². The number of likely N-dealkylation sites (N-methyl/N-ethyl adjacent to an activating group) is 1. The number of methoxy groups -OCH3 is 2. The van der Waals surface area contributed by atoms with Crippen LogP contribution in [0.5, 0.6) is 11.5 Å². The van der Waals surface area contributed by atoms with E-state index in [1.54, 1.807) is 26.4 Å². The van der Waals surface area contributed by atoms with Crippen molar-refractivity contribution in [3.8, 4) is 11.5 Å². The second-order valence-corrected chi connectivity index (χ2v) is 6.47. The third-order valence-corrected chi connectivity index (χ3v) is 5.01. The average molecular weight is 358 g/mol. The standard InChI is InChI=1S/C20H26N2O4/c1-5-22-9-8-14-11-17(24-3)18(25-4)12-15(14)19(22)13(2)21-20(23)16-7-6-10-26-16/h6-7,10-13,19H,5,8-9H2,1-4H3,(H,21,23)/t13-,19-/m1/s1. The van der Waals surface area contributed by atoms with Gasteiger partial charge in [-0.25, -0.2) is 0 Å². The summed E-state index contributed by atoms with van der Waals surface area (Å²) in [4.78, 5) is 14.8. The van der Waals surface area contributed by atoms with Crippen LogP contribution < -0.4 is 14.8 Å². The molecule has 6 nitrogen and oxygen atoms in total. The second-order valence-electron chi connectivity index (χ2n) is 6.47. The van der Waals surface area contributed by atoms with Gasteiger partial charge in [0, 0.05) is 12.6 Å².